The van der Waals surface area contributed by atoms with Crippen LogP contribution >= 0.6 is 0 Å². The Kier molecular flexibility index (Phi) is 5.05. The van der Waals surface area contributed by atoms with Crippen LogP contribution < -0.4 is 5.73 Å². The predicted molar refractivity (Wildman–Crippen MR) is 75.6 cm³/mol. The summed E-state index contributed by atoms with van der Waals surface area (Å²) >= 11 is 0. The van der Waals surface area contributed by atoms with Crippen molar-refractivity contribution in [2.75, 3.05) is 26.7 Å². The molecule has 2 N–H and O–H groups in total. The Balaban J connectivity index is 2.05. The summed E-state index contributed by atoms with van der Waals surface area (Å²) in [6, 6.07) is 0. The van der Waals surface area contributed by atoms with Gasteiger partial charge in [0.05, 0.1) is 6.10 Å². The second-order valence-corrected chi connectivity index (χ2v) is 6.41. The van der Waals surface area contributed by atoms with Crippen molar-refractivity contribution in [2.24, 2.45) is 11.7 Å². The van der Waals surface area contributed by atoms with Crippen LogP contribution in [0.2, 0.25) is 0 Å². The maximum Gasteiger partial charge on any atom is 0.0698 e. The molecule has 0 radical (unpaired) electrons. The van der Waals surface area contributed by atoms with E-state index in [1.807, 2.05) is 7.11 Å². The van der Waals surface area contributed by atoms with Crippen molar-refractivity contribution in [3.8, 4) is 0 Å². The van der Waals surface area contributed by atoms with Gasteiger partial charge in [-0.1, -0.05) is 19.8 Å². The minimum atomic E-state index is 0.266. The molecule has 2 fully saturated rings. The molecule has 3 nitrogen and oxygen atoms in total. The number of rotatable bonds is 3. The number of hydrogen-bond donors (Lipinski definition) is 1. The molecular weight excluding hydrogens is 224 g/mol. The summed E-state index contributed by atoms with van der Waals surface area (Å²) in [5.41, 5.74) is 6.45. The van der Waals surface area contributed by atoms with Crippen LogP contribution in [0.1, 0.15) is 51.9 Å². The van der Waals surface area contributed by atoms with E-state index in [2.05, 4.69) is 11.8 Å². The van der Waals surface area contributed by atoms with Crippen molar-refractivity contribution in [1.29, 1.82) is 0 Å². The quantitative estimate of drug-likeness (QED) is 0.786. The Morgan fingerprint density at radius 3 is 2.78 bits per heavy atom. The summed E-state index contributed by atoms with van der Waals surface area (Å²) in [7, 11) is 1.85. The molecule has 1 saturated heterocycles. The van der Waals surface area contributed by atoms with E-state index in [1.54, 1.807) is 0 Å². The van der Waals surface area contributed by atoms with Crippen LogP contribution in [0.5, 0.6) is 0 Å². The summed E-state index contributed by atoms with van der Waals surface area (Å²) < 4.78 is 5.57. The molecule has 18 heavy (non-hydrogen) atoms. The molecule has 106 valence electrons. The number of piperidine rings is 1. The Bertz CT molecular complexity index is 259. The number of nitrogens with zero attached hydrogens (tertiary/aromatic N) is 1. The van der Waals surface area contributed by atoms with Crippen LogP contribution in [0.25, 0.3) is 0 Å². The zero-order valence-corrected chi connectivity index (χ0v) is 12.2. The summed E-state index contributed by atoms with van der Waals surface area (Å²) in [5.74, 6) is 0.876. The van der Waals surface area contributed by atoms with Gasteiger partial charge in [-0.05, 0) is 44.6 Å². The molecule has 1 heterocycles. The highest BCUT2D eigenvalue weighted by Crippen LogP contribution is 2.35. The zero-order valence-electron chi connectivity index (χ0n) is 12.2. The largest absolute Gasteiger partial charge is 0.380 e. The van der Waals surface area contributed by atoms with Crippen molar-refractivity contribution in [1.82, 2.24) is 4.90 Å². The minimum Gasteiger partial charge on any atom is -0.380 e. The number of methoxy groups -OCH3 is 1. The van der Waals surface area contributed by atoms with Crippen LogP contribution in [-0.2, 0) is 4.74 Å². The van der Waals surface area contributed by atoms with E-state index in [4.69, 9.17) is 10.5 Å². The molecular formula is C15H30N2O. The van der Waals surface area contributed by atoms with E-state index in [0.717, 1.165) is 19.0 Å². The Morgan fingerprint density at radius 2 is 2.06 bits per heavy atom. The van der Waals surface area contributed by atoms with Gasteiger partial charge in [-0.25, -0.2) is 0 Å². The third-order valence-electron chi connectivity index (χ3n) is 5.20. The van der Waals surface area contributed by atoms with Gasteiger partial charge >= 0.3 is 0 Å². The van der Waals surface area contributed by atoms with Crippen LogP contribution in [0.3, 0.4) is 0 Å². The molecule has 0 aromatic carbocycles. The smallest absolute Gasteiger partial charge is 0.0698 e. The lowest BCUT2D eigenvalue weighted by Gasteiger charge is -2.47. The van der Waals surface area contributed by atoms with Gasteiger partial charge in [0.15, 0.2) is 0 Å². The Hall–Kier alpha value is -0.120. The van der Waals surface area contributed by atoms with Crippen molar-refractivity contribution in [3.05, 3.63) is 0 Å². The Labute approximate surface area is 112 Å². The van der Waals surface area contributed by atoms with Gasteiger partial charge in [-0.3, -0.25) is 4.90 Å². The fourth-order valence-electron chi connectivity index (χ4n) is 3.77. The molecule has 2 rings (SSSR count). The van der Waals surface area contributed by atoms with Gasteiger partial charge in [0.1, 0.15) is 0 Å². The molecule has 1 aliphatic carbocycles. The van der Waals surface area contributed by atoms with E-state index in [1.165, 1.54) is 51.5 Å². The summed E-state index contributed by atoms with van der Waals surface area (Å²) in [6.07, 6.45) is 9.51. The maximum atomic E-state index is 6.19. The van der Waals surface area contributed by atoms with E-state index in [9.17, 15) is 0 Å². The van der Waals surface area contributed by atoms with Gasteiger partial charge < -0.3 is 10.5 Å². The molecule has 3 heteroatoms. The first-order chi connectivity index (χ1) is 8.70. The zero-order chi connectivity index (χ0) is 13.0. The van der Waals surface area contributed by atoms with Crippen LogP contribution in [0.15, 0.2) is 0 Å². The molecule has 1 saturated carbocycles. The normalized spacial score (nSPS) is 39.5. The van der Waals surface area contributed by atoms with Crippen LogP contribution in [-0.4, -0.2) is 43.3 Å². The molecule has 0 amide bonds. The second-order valence-electron chi connectivity index (χ2n) is 6.41. The molecule has 0 spiro atoms. The van der Waals surface area contributed by atoms with Gasteiger partial charge in [0.25, 0.3) is 0 Å². The van der Waals surface area contributed by atoms with E-state index in [0.29, 0.717) is 6.10 Å². The fourth-order valence-corrected chi connectivity index (χ4v) is 3.77. The lowest BCUT2D eigenvalue weighted by Crippen LogP contribution is -2.57. The molecule has 3 unspecified atom stereocenters. The van der Waals surface area contributed by atoms with Crippen LogP contribution in [0.4, 0.5) is 0 Å². The van der Waals surface area contributed by atoms with Gasteiger partial charge in [0, 0.05) is 25.7 Å². The highest BCUT2D eigenvalue weighted by atomic mass is 16.5. The fraction of sp³-hybridized carbons (Fsp3) is 1.00. The summed E-state index contributed by atoms with van der Waals surface area (Å²) in [4.78, 5) is 2.66. The molecule has 2 aliphatic rings. The van der Waals surface area contributed by atoms with Gasteiger partial charge in [-0.15, -0.1) is 0 Å². The first-order valence-electron chi connectivity index (χ1n) is 7.68. The van der Waals surface area contributed by atoms with Crippen molar-refractivity contribution in [3.63, 3.8) is 0 Å². The standard InChI is InChI=1S/C15H30N2O/c1-13-5-3-8-15(12-16,9-7-13)17-10-4-6-14(11-17)18-2/h13-14H,3-12,16H2,1-2H3. The molecule has 3 atom stereocenters. The average molecular weight is 254 g/mol. The molecule has 0 bridgehead atoms. The third kappa shape index (κ3) is 3.06. The van der Waals surface area contributed by atoms with Gasteiger partial charge in [-0.2, -0.15) is 0 Å². The SMILES string of the molecule is COC1CCCN(C2(CN)CCCC(C)CC2)C1. The van der Waals surface area contributed by atoms with Crippen LogP contribution in [0, 0.1) is 5.92 Å². The van der Waals surface area contributed by atoms with Gasteiger partial charge in [0.2, 0.25) is 0 Å². The molecule has 1 aliphatic heterocycles. The lowest BCUT2D eigenvalue weighted by molar-refractivity contribution is -0.0230. The first-order valence-corrected chi connectivity index (χ1v) is 7.68. The minimum absolute atomic E-state index is 0.266. The number of nitrogens with two attached hydrogens (primary N) is 1. The third-order valence-corrected chi connectivity index (χ3v) is 5.20. The van der Waals surface area contributed by atoms with E-state index in [-0.39, 0.29) is 5.54 Å². The van der Waals surface area contributed by atoms with E-state index >= 15 is 0 Å². The topological polar surface area (TPSA) is 38.5 Å². The molecule has 0 aromatic rings. The summed E-state index contributed by atoms with van der Waals surface area (Å²) in [6.45, 7) is 5.50. The lowest BCUT2D eigenvalue weighted by atomic mass is 9.85. The van der Waals surface area contributed by atoms with E-state index < -0.39 is 0 Å². The Morgan fingerprint density at radius 1 is 1.22 bits per heavy atom. The van der Waals surface area contributed by atoms with Crippen molar-refractivity contribution >= 4 is 0 Å². The van der Waals surface area contributed by atoms with Crippen molar-refractivity contribution in [2.45, 2.75) is 63.5 Å². The number of hydrogen-bond acceptors (Lipinski definition) is 3. The maximum absolute atomic E-state index is 6.19. The first kappa shape index (κ1) is 14.3. The molecule has 0 aromatic heterocycles. The highest BCUT2D eigenvalue weighted by Gasteiger charge is 2.39. The average Bonchev–Trinajstić information content (AvgIpc) is 2.61. The number of likely N-dealkylation sites (tertiary alicyclic amines) is 1. The number of ether oxygens (including phenoxy) is 1. The summed E-state index contributed by atoms with van der Waals surface area (Å²) in [5, 5.41) is 0. The highest BCUT2D eigenvalue weighted by molar-refractivity contribution is 4.96. The second kappa shape index (κ2) is 6.36. The van der Waals surface area contributed by atoms with Crippen molar-refractivity contribution < 1.29 is 4.74 Å². The monoisotopic (exact) mass is 254 g/mol. The predicted octanol–water partition coefficient (Wildman–Crippen LogP) is 2.39.